The number of aryl methyl sites for hydroxylation is 1. The van der Waals surface area contributed by atoms with Gasteiger partial charge >= 0.3 is 0 Å². The summed E-state index contributed by atoms with van der Waals surface area (Å²) in [4.78, 5) is 21.4. The van der Waals surface area contributed by atoms with Crippen molar-refractivity contribution in [2.24, 2.45) is 0 Å². The van der Waals surface area contributed by atoms with Crippen molar-refractivity contribution in [1.82, 2.24) is 20.1 Å². The van der Waals surface area contributed by atoms with E-state index in [4.69, 9.17) is 0 Å². The molecule has 3 rings (SSSR count). The molecule has 0 aliphatic carbocycles. The van der Waals surface area contributed by atoms with Crippen molar-refractivity contribution in [1.29, 1.82) is 0 Å². The fourth-order valence-corrected chi connectivity index (χ4v) is 3.72. The molecular weight excluding hydrogens is 284 g/mol. The predicted octanol–water partition coefficient (Wildman–Crippen LogP) is 1.24. The summed E-state index contributed by atoms with van der Waals surface area (Å²) in [5, 5.41) is 6.62. The van der Waals surface area contributed by atoms with Crippen molar-refractivity contribution in [2.45, 2.75) is 38.8 Å². The highest BCUT2D eigenvalue weighted by molar-refractivity contribution is 7.09. The minimum Gasteiger partial charge on any atom is -0.339 e. The first-order valence-electron chi connectivity index (χ1n) is 7.88. The van der Waals surface area contributed by atoms with Crippen molar-refractivity contribution in [3.05, 3.63) is 16.1 Å². The lowest BCUT2D eigenvalue weighted by Gasteiger charge is -2.37. The maximum absolute atomic E-state index is 12.5. The number of aromatic nitrogens is 1. The maximum atomic E-state index is 12.5. The third kappa shape index (κ3) is 3.81. The van der Waals surface area contributed by atoms with Crippen molar-refractivity contribution < 1.29 is 4.79 Å². The molecule has 1 aromatic rings. The smallest absolute Gasteiger partial charge is 0.239 e. The Hall–Kier alpha value is -0.980. The SMILES string of the molecule is Cc1nc(CN2CCN(C(=O)[C@H]3CCCCN3)CC2)cs1. The Labute approximate surface area is 130 Å². The van der Waals surface area contributed by atoms with E-state index >= 15 is 0 Å². The van der Waals surface area contributed by atoms with Crippen LogP contribution < -0.4 is 5.32 Å². The fraction of sp³-hybridized carbons (Fsp3) is 0.733. The molecule has 0 saturated carbocycles. The van der Waals surface area contributed by atoms with E-state index in [9.17, 15) is 4.79 Å². The summed E-state index contributed by atoms with van der Waals surface area (Å²) in [6.45, 7) is 7.54. The highest BCUT2D eigenvalue weighted by atomic mass is 32.1. The van der Waals surface area contributed by atoms with Crippen LogP contribution in [-0.4, -0.2) is 59.5 Å². The van der Waals surface area contributed by atoms with Crippen LogP contribution in [0.1, 0.15) is 30.0 Å². The van der Waals surface area contributed by atoms with Gasteiger partial charge in [0, 0.05) is 38.1 Å². The van der Waals surface area contributed by atoms with Crippen molar-refractivity contribution in [3.63, 3.8) is 0 Å². The molecule has 2 fully saturated rings. The molecular formula is C15H24N4OS. The van der Waals surface area contributed by atoms with Crippen LogP contribution in [-0.2, 0) is 11.3 Å². The molecule has 0 bridgehead atoms. The second kappa shape index (κ2) is 6.85. The zero-order chi connectivity index (χ0) is 14.7. The van der Waals surface area contributed by atoms with Gasteiger partial charge in [0.2, 0.25) is 5.91 Å². The molecule has 2 saturated heterocycles. The lowest BCUT2D eigenvalue weighted by Crippen LogP contribution is -2.54. The number of carbonyl (C=O) groups is 1. The van der Waals surface area contributed by atoms with Gasteiger partial charge in [0.1, 0.15) is 0 Å². The zero-order valence-electron chi connectivity index (χ0n) is 12.7. The molecule has 116 valence electrons. The lowest BCUT2D eigenvalue weighted by atomic mass is 10.0. The van der Waals surface area contributed by atoms with Crippen molar-refractivity contribution in [3.8, 4) is 0 Å². The third-order valence-electron chi connectivity index (χ3n) is 4.34. The lowest BCUT2D eigenvalue weighted by molar-refractivity contribution is -0.135. The normalized spacial score (nSPS) is 24.2. The molecule has 6 heteroatoms. The molecule has 3 heterocycles. The second-order valence-electron chi connectivity index (χ2n) is 5.96. The Morgan fingerprint density at radius 1 is 1.38 bits per heavy atom. The molecule has 0 aromatic carbocycles. The van der Waals surface area contributed by atoms with Gasteiger partial charge in [0.25, 0.3) is 0 Å². The predicted molar refractivity (Wildman–Crippen MR) is 84.3 cm³/mol. The van der Waals surface area contributed by atoms with Gasteiger partial charge in [-0.1, -0.05) is 6.42 Å². The number of rotatable bonds is 3. The van der Waals surface area contributed by atoms with Gasteiger partial charge < -0.3 is 10.2 Å². The average Bonchev–Trinajstić information content (AvgIpc) is 2.93. The first-order chi connectivity index (χ1) is 10.2. The summed E-state index contributed by atoms with van der Waals surface area (Å²) in [5.74, 6) is 0.304. The van der Waals surface area contributed by atoms with E-state index in [-0.39, 0.29) is 6.04 Å². The van der Waals surface area contributed by atoms with E-state index in [2.05, 4.69) is 20.6 Å². The number of piperidine rings is 1. The summed E-state index contributed by atoms with van der Waals surface area (Å²) in [6.07, 6.45) is 3.37. The van der Waals surface area contributed by atoms with Crippen LogP contribution in [0.5, 0.6) is 0 Å². The molecule has 21 heavy (non-hydrogen) atoms. The van der Waals surface area contributed by atoms with Crippen LogP contribution in [0.3, 0.4) is 0 Å². The van der Waals surface area contributed by atoms with Crippen molar-refractivity contribution >= 4 is 17.2 Å². The van der Waals surface area contributed by atoms with E-state index in [0.717, 1.165) is 56.4 Å². The van der Waals surface area contributed by atoms with Gasteiger partial charge in [-0.05, 0) is 26.3 Å². The summed E-state index contributed by atoms with van der Waals surface area (Å²) in [5.41, 5.74) is 1.16. The van der Waals surface area contributed by atoms with Gasteiger partial charge in [-0.2, -0.15) is 0 Å². The van der Waals surface area contributed by atoms with Crippen molar-refractivity contribution in [2.75, 3.05) is 32.7 Å². The van der Waals surface area contributed by atoms with E-state index in [0.29, 0.717) is 5.91 Å². The highest BCUT2D eigenvalue weighted by Gasteiger charge is 2.28. The summed E-state index contributed by atoms with van der Waals surface area (Å²) in [7, 11) is 0. The van der Waals surface area contributed by atoms with Crippen LogP contribution in [0.25, 0.3) is 0 Å². The monoisotopic (exact) mass is 308 g/mol. The first kappa shape index (κ1) is 14.9. The number of carbonyl (C=O) groups excluding carboxylic acids is 1. The molecule has 0 spiro atoms. The number of thiazole rings is 1. The minimum atomic E-state index is 0.0616. The number of hydrogen-bond acceptors (Lipinski definition) is 5. The Morgan fingerprint density at radius 2 is 2.19 bits per heavy atom. The Bertz CT molecular complexity index is 476. The summed E-state index contributed by atoms with van der Waals surface area (Å²) >= 11 is 1.71. The summed E-state index contributed by atoms with van der Waals surface area (Å²) < 4.78 is 0. The van der Waals surface area contributed by atoms with E-state index in [1.807, 2.05) is 11.8 Å². The minimum absolute atomic E-state index is 0.0616. The Morgan fingerprint density at radius 3 is 2.81 bits per heavy atom. The van der Waals surface area contributed by atoms with E-state index in [1.54, 1.807) is 11.3 Å². The van der Waals surface area contributed by atoms with Crippen LogP contribution in [0.15, 0.2) is 5.38 Å². The summed E-state index contributed by atoms with van der Waals surface area (Å²) in [6, 6.07) is 0.0616. The largest absolute Gasteiger partial charge is 0.339 e. The number of piperazine rings is 1. The van der Waals surface area contributed by atoms with Gasteiger partial charge in [0.15, 0.2) is 0 Å². The quantitative estimate of drug-likeness (QED) is 0.913. The topological polar surface area (TPSA) is 48.5 Å². The molecule has 2 aliphatic rings. The average molecular weight is 308 g/mol. The van der Waals surface area contributed by atoms with Crippen LogP contribution in [0.4, 0.5) is 0 Å². The standard InChI is InChI=1S/C15H24N4OS/c1-12-17-13(11-21-12)10-18-6-8-19(9-7-18)15(20)14-4-2-3-5-16-14/h11,14,16H,2-10H2,1H3/t14-/m1/s1. The number of nitrogens with one attached hydrogen (secondary N) is 1. The van der Waals surface area contributed by atoms with Gasteiger partial charge in [-0.3, -0.25) is 9.69 Å². The van der Waals surface area contributed by atoms with Crippen LogP contribution >= 0.6 is 11.3 Å². The van der Waals surface area contributed by atoms with Gasteiger partial charge in [0.05, 0.1) is 16.7 Å². The molecule has 1 N–H and O–H groups in total. The number of amides is 1. The van der Waals surface area contributed by atoms with E-state index < -0.39 is 0 Å². The molecule has 0 radical (unpaired) electrons. The van der Waals surface area contributed by atoms with Crippen LogP contribution in [0.2, 0.25) is 0 Å². The van der Waals surface area contributed by atoms with E-state index in [1.165, 1.54) is 12.8 Å². The molecule has 1 aromatic heterocycles. The zero-order valence-corrected chi connectivity index (χ0v) is 13.5. The fourth-order valence-electron chi connectivity index (χ4n) is 3.12. The first-order valence-corrected chi connectivity index (χ1v) is 8.76. The Balaban J connectivity index is 1.47. The highest BCUT2D eigenvalue weighted by Crippen LogP contribution is 2.14. The van der Waals surface area contributed by atoms with Gasteiger partial charge in [-0.25, -0.2) is 4.98 Å². The number of nitrogens with zero attached hydrogens (tertiary/aromatic N) is 3. The molecule has 0 unspecified atom stereocenters. The second-order valence-corrected chi connectivity index (χ2v) is 7.02. The molecule has 2 aliphatic heterocycles. The maximum Gasteiger partial charge on any atom is 0.239 e. The Kier molecular flexibility index (Phi) is 4.87. The number of hydrogen-bond donors (Lipinski definition) is 1. The molecule has 1 atom stereocenters. The van der Waals surface area contributed by atoms with Crippen LogP contribution in [0, 0.1) is 6.92 Å². The molecule has 1 amide bonds. The van der Waals surface area contributed by atoms with Gasteiger partial charge in [-0.15, -0.1) is 11.3 Å². The third-order valence-corrected chi connectivity index (χ3v) is 5.17. The molecule has 5 nitrogen and oxygen atoms in total.